The van der Waals surface area contributed by atoms with E-state index < -0.39 is 28.5 Å². The van der Waals surface area contributed by atoms with Crippen LogP contribution in [0.3, 0.4) is 0 Å². The van der Waals surface area contributed by atoms with E-state index in [4.69, 9.17) is 18.9 Å². The number of nitrogens with zero attached hydrogens (tertiary/aromatic N) is 1. The molecular formula is C21H28N2O7S. The first-order chi connectivity index (χ1) is 14.6. The molecule has 0 saturated carbocycles. The van der Waals surface area contributed by atoms with Crippen molar-refractivity contribution in [2.24, 2.45) is 0 Å². The molecule has 2 aromatic carbocycles. The van der Waals surface area contributed by atoms with Gasteiger partial charge in [0.1, 0.15) is 18.0 Å². The second-order valence-corrected chi connectivity index (χ2v) is 8.62. The van der Waals surface area contributed by atoms with E-state index in [9.17, 15) is 13.2 Å². The molecule has 0 saturated heterocycles. The van der Waals surface area contributed by atoms with Crippen LogP contribution < -0.4 is 28.6 Å². The quantitative estimate of drug-likeness (QED) is 0.590. The van der Waals surface area contributed by atoms with Crippen molar-refractivity contribution < 1.29 is 32.2 Å². The van der Waals surface area contributed by atoms with Gasteiger partial charge in [0, 0.05) is 6.07 Å². The third-order valence-electron chi connectivity index (χ3n) is 4.63. The van der Waals surface area contributed by atoms with Gasteiger partial charge in [-0.3, -0.25) is 9.10 Å². The van der Waals surface area contributed by atoms with Crippen LogP contribution in [0.15, 0.2) is 36.4 Å². The number of hydrogen-bond acceptors (Lipinski definition) is 7. The van der Waals surface area contributed by atoms with Gasteiger partial charge in [0.05, 0.1) is 46.4 Å². The molecule has 0 aliphatic carbocycles. The zero-order chi connectivity index (χ0) is 23.2. The van der Waals surface area contributed by atoms with E-state index >= 15 is 0 Å². The summed E-state index contributed by atoms with van der Waals surface area (Å²) in [6.45, 7) is 1.36. The molecule has 0 radical (unpaired) electrons. The first kappa shape index (κ1) is 24.1. The second-order valence-electron chi connectivity index (χ2n) is 6.71. The number of nitrogens with one attached hydrogen (secondary N) is 1. The molecule has 2 rings (SSSR count). The Kier molecular flexibility index (Phi) is 7.98. The van der Waals surface area contributed by atoms with Crippen LogP contribution in [-0.4, -0.2) is 55.6 Å². The van der Waals surface area contributed by atoms with Crippen LogP contribution in [0.2, 0.25) is 0 Å². The lowest BCUT2D eigenvalue weighted by atomic mass is 10.1. The normalized spacial score (nSPS) is 11.9. The molecule has 2 aromatic rings. The molecule has 1 amide bonds. The van der Waals surface area contributed by atoms with E-state index in [0.29, 0.717) is 23.0 Å². The van der Waals surface area contributed by atoms with Crippen molar-refractivity contribution in [3.05, 3.63) is 42.0 Å². The Bertz CT molecular complexity index is 1020. The van der Waals surface area contributed by atoms with Crippen molar-refractivity contribution in [1.29, 1.82) is 0 Å². The fraction of sp³-hybridized carbons (Fsp3) is 0.381. The lowest BCUT2D eigenvalue weighted by molar-refractivity contribution is -0.120. The fourth-order valence-electron chi connectivity index (χ4n) is 3.00. The predicted octanol–water partition coefficient (Wildman–Crippen LogP) is 2.36. The zero-order valence-electron chi connectivity index (χ0n) is 18.5. The number of carbonyl (C=O) groups is 1. The number of methoxy groups -OCH3 is 4. The first-order valence-corrected chi connectivity index (χ1v) is 11.2. The molecule has 1 N–H and O–H groups in total. The van der Waals surface area contributed by atoms with E-state index in [2.05, 4.69) is 5.32 Å². The monoisotopic (exact) mass is 452 g/mol. The molecule has 0 spiro atoms. The minimum Gasteiger partial charge on any atom is -0.497 e. The molecule has 1 unspecified atom stereocenters. The Balaban J connectivity index is 2.27. The molecule has 0 fully saturated rings. The summed E-state index contributed by atoms with van der Waals surface area (Å²) in [6.07, 6.45) is 1.02. The summed E-state index contributed by atoms with van der Waals surface area (Å²) in [5.74, 6) is 1.34. The molecule has 0 bridgehead atoms. The molecule has 1 atom stereocenters. The Morgan fingerprint density at radius 3 is 2.10 bits per heavy atom. The highest BCUT2D eigenvalue weighted by atomic mass is 32.2. The standard InChI is InChI=1S/C21H28N2O7S/c1-14(15-7-9-19(29-4)20(11-15)30-5)22-21(24)13-23(31(6,25)26)17-12-16(27-2)8-10-18(17)28-3/h7-12,14H,13H2,1-6H3,(H,22,24). The molecule has 170 valence electrons. The van der Waals surface area contributed by atoms with Gasteiger partial charge in [-0.2, -0.15) is 0 Å². The van der Waals surface area contributed by atoms with Gasteiger partial charge in [0.25, 0.3) is 0 Å². The third-order valence-corrected chi connectivity index (χ3v) is 5.75. The Hall–Kier alpha value is -3.14. The van der Waals surface area contributed by atoms with Gasteiger partial charge in [0.15, 0.2) is 11.5 Å². The van der Waals surface area contributed by atoms with Gasteiger partial charge in [-0.05, 0) is 36.8 Å². The predicted molar refractivity (Wildman–Crippen MR) is 118 cm³/mol. The van der Waals surface area contributed by atoms with E-state index in [0.717, 1.165) is 16.1 Å². The summed E-state index contributed by atoms with van der Waals surface area (Å²) in [5, 5.41) is 2.81. The summed E-state index contributed by atoms with van der Waals surface area (Å²) in [4.78, 5) is 12.7. The molecule has 31 heavy (non-hydrogen) atoms. The Labute approximate surface area is 182 Å². The molecule has 0 heterocycles. The van der Waals surface area contributed by atoms with E-state index in [-0.39, 0.29) is 5.69 Å². The topological polar surface area (TPSA) is 103 Å². The minimum absolute atomic E-state index is 0.207. The van der Waals surface area contributed by atoms with Crippen LogP contribution in [0.4, 0.5) is 5.69 Å². The number of anilines is 1. The molecule has 0 aliphatic rings. The lowest BCUT2D eigenvalue weighted by Gasteiger charge is -2.25. The van der Waals surface area contributed by atoms with Crippen molar-refractivity contribution in [2.75, 3.05) is 45.5 Å². The van der Waals surface area contributed by atoms with E-state index in [1.807, 2.05) is 0 Å². The highest BCUT2D eigenvalue weighted by Gasteiger charge is 2.25. The number of carbonyl (C=O) groups excluding carboxylic acids is 1. The van der Waals surface area contributed by atoms with Crippen LogP contribution in [-0.2, 0) is 14.8 Å². The van der Waals surface area contributed by atoms with Gasteiger partial charge >= 0.3 is 0 Å². The summed E-state index contributed by atoms with van der Waals surface area (Å²) in [5.41, 5.74) is 0.981. The third kappa shape index (κ3) is 5.94. The average molecular weight is 453 g/mol. The maximum atomic E-state index is 12.7. The lowest BCUT2D eigenvalue weighted by Crippen LogP contribution is -2.41. The van der Waals surface area contributed by atoms with Crippen LogP contribution in [0, 0.1) is 0 Å². The SMILES string of the molecule is COc1ccc(OC)c(N(CC(=O)NC(C)c2ccc(OC)c(OC)c2)S(C)(=O)=O)c1. The van der Waals surface area contributed by atoms with Gasteiger partial charge in [-0.15, -0.1) is 0 Å². The number of benzene rings is 2. The maximum absolute atomic E-state index is 12.7. The smallest absolute Gasteiger partial charge is 0.241 e. The number of ether oxygens (including phenoxy) is 4. The van der Waals surface area contributed by atoms with Gasteiger partial charge < -0.3 is 24.3 Å². The zero-order valence-corrected chi connectivity index (χ0v) is 19.3. The first-order valence-electron chi connectivity index (χ1n) is 9.35. The summed E-state index contributed by atoms with van der Waals surface area (Å²) >= 11 is 0. The van der Waals surface area contributed by atoms with Crippen molar-refractivity contribution in [2.45, 2.75) is 13.0 Å². The Morgan fingerprint density at radius 1 is 0.935 bits per heavy atom. The second kappa shape index (κ2) is 10.3. The van der Waals surface area contributed by atoms with Crippen LogP contribution >= 0.6 is 0 Å². The number of rotatable bonds is 10. The van der Waals surface area contributed by atoms with Crippen molar-refractivity contribution in [3.8, 4) is 23.0 Å². The highest BCUT2D eigenvalue weighted by molar-refractivity contribution is 7.92. The maximum Gasteiger partial charge on any atom is 0.241 e. The Morgan fingerprint density at radius 2 is 1.55 bits per heavy atom. The van der Waals surface area contributed by atoms with Gasteiger partial charge in [-0.25, -0.2) is 8.42 Å². The van der Waals surface area contributed by atoms with Crippen molar-refractivity contribution in [1.82, 2.24) is 5.32 Å². The van der Waals surface area contributed by atoms with Crippen LogP contribution in [0.5, 0.6) is 23.0 Å². The van der Waals surface area contributed by atoms with Crippen LogP contribution in [0.25, 0.3) is 0 Å². The number of sulfonamides is 1. The summed E-state index contributed by atoms with van der Waals surface area (Å²) < 4.78 is 46.9. The van der Waals surface area contributed by atoms with Gasteiger partial charge in [-0.1, -0.05) is 6.07 Å². The van der Waals surface area contributed by atoms with Crippen LogP contribution in [0.1, 0.15) is 18.5 Å². The molecule has 0 aromatic heterocycles. The van der Waals surface area contributed by atoms with E-state index in [1.165, 1.54) is 34.5 Å². The summed E-state index contributed by atoms with van der Waals surface area (Å²) in [6, 6.07) is 9.61. The molecule has 0 aliphatic heterocycles. The molecule has 10 heteroatoms. The van der Waals surface area contributed by atoms with Crippen molar-refractivity contribution in [3.63, 3.8) is 0 Å². The molecular weight excluding hydrogens is 424 g/mol. The average Bonchev–Trinajstić information content (AvgIpc) is 2.75. The van der Waals surface area contributed by atoms with E-state index in [1.54, 1.807) is 37.3 Å². The largest absolute Gasteiger partial charge is 0.497 e. The summed E-state index contributed by atoms with van der Waals surface area (Å²) in [7, 11) is 2.16. The fourth-order valence-corrected chi connectivity index (χ4v) is 3.85. The number of amides is 1. The van der Waals surface area contributed by atoms with Gasteiger partial charge in [0.2, 0.25) is 15.9 Å². The minimum atomic E-state index is -3.79. The highest BCUT2D eigenvalue weighted by Crippen LogP contribution is 2.34. The number of hydrogen-bond donors (Lipinski definition) is 1. The van der Waals surface area contributed by atoms with Crippen molar-refractivity contribution >= 4 is 21.6 Å². The molecule has 9 nitrogen and oxygen atoms in total.